The van der Waals surface area contributed by atoms with E-state index in [4.69, 9.17) is 14.3 Å². The minimum atomic E-state index is -4.40. The van der Waals surface area contributed by atoms with Crippen LogP contribution in [0.2, 0.25) is 0 Å². The Morgan fingerprint density at radius 1 is 1.16 bits per heavy atom. The minimum Gasteiger partial charge on any atom is -0.482 e. The van der Waals surface area contributed by atoms with Crippen molar-refractivity contribution in [3.63, 3.8) is 0 Å². The fraction of sp³-hybridized carbons (Fsp3) is 0.333. The Kier molecular flexibility index (Phi) is 6.91. The lowest BCUT2D eigenvalue weighted by molar-refractivity contribution is -0.138. The Morgan fingerprint density at radius 2 is 1.84 bits per heavy atom. The summed E-state index contributed by atoms with van der Waals surface area (Å²) in [4.78, 5) is 15.2. The highest BCUT2D eigenvalue weighted by molar-refractivity contribution is 5.67. The maximum atomic E-state index is 12.8. The molecule has 0 radical (unpaired) electrons. The van der Waals surface area contributed by atoms with Crippen molar-refractivity contribution in [1.29, 1.82) is 0 Å². The molecule has 0 saturated heterocycles. The number of ether oxygens (including phenoxy) is 1. The molecule has 0 bridgehead atoms. The van der Waals surface area contributed by atoms with Crippen LogP contribution in [0, 0.1) is 13.8 Å². The smallest absolute Gasteiger partial charge is 0.416 e. The molecule has 2 aromatic carbocycles. The van der Waals surface area contributed by atoms with Crippen molar-refractivity contribution in [2.45, 2.75) is 52.3 Å². The number of carbonyl (C=O) groups is 1. The van der Waals surface area contributed by atoms with Crippen LogP contribution in [-0.4, -0.2) is 16.1 Å². The number of hydrogen-bond acceptors (Lipinski definition) is 4. The number of aryl methyl sites for hydroxylation is 3. The van der Waals surface area contributed by atoms with Gasteiger partial charge in [0.05, 0.1) is 11.3 Å². The van der Waals surface area contributed by atoms with E-state index in [9.17, 15) is 18.0 Å². The average molecular weight is 447 g/mol. The Labute approximate surface area is 183 Å². The standard InChI is InChI=1S/C24H24F3NO4/c1-4-20(31-19-11-7-16(14(2)13-19)8-12-21(29)30)22-15(3)28-23(32-22)17-5-9-18(10-6-17)24(25,26)27/h5-7,9-11,13,20H,4,8,12H2,1-3H3,(H,29,30). The van der Waals surface area contributed by atoms with Gasteiger partial charge in [-0.25, -0.2) is 4.98 Å². The molecule has 0 saturated carbocycles. The molecule has 3 rings (SSSR count). The highest BCUT2D eigenvalue weighted by Gasteiger charge is 2.30. The van der Waals surface area contributed by atoms with Gasteiger partial charge in [0.1, 0.15) is 5.75 Å². The first-order valence-corrected chi connectivity index (χ1v) is 10.2. The van der Waals surface area contributed by atoms with Gasteiger partial charge in [0.2, 0.25) is 5.89 Å². The average Bonchev–Trinajstić information content (AvgIpc) is 3.12. The lowest BCUT2D eigenvalue weighted by atomic mass is 10.0. The number of nitrogens with zero attached hydrogens (tertiary/aromatic N) is 1. The summed E-state index contributed by atoms with van der Waals surface area (Å²) in [5, 5.41) is 8.87. The predicted octanol–water partition coefficient (Wildman–Crippen LogP) is 6.52. The molecule has 0 aliphatic rings. The van der Waals surface area contributed by atoms with Crippen LogP contribution in [0.25, 0.3) is 11.5 Å². The highest BCUT2D eigenvalue weighted by atomic mass is 19.4. The predicted molar refractivity (Wildman–Crippen MR) is 112 cm³/mol. The van der Waals surface area contributed by atoms with Crippen molar-refractivity contribution in [1.82, 2.24) is 4.98 Å². The Balaban J connectivity index is 1.79. The summed E-state index contributed by atoms with van der Waals surface area (Å²) in [7, 11) is 0. The Hall–Kier alpha value is -3.29. The molecule has 0 amide bonds. The van der Waals surface area contributed by atoms with Crippen molar-refractivity contribution >= 4 is 5.97 Å². The fourth-order valence-corrected chi connectivity index (χ4v) is 3.38. The zero-order chi connectivity index (χ0) is 23.5. The number of benzene rings is 2. The lowest BCUT2D eigenvalue weighted by Crippen LogP contribution is -2.07. The summed E-state index contributed by atoms with van der Waals surface area (Å²) in [5.41, 5.74) is 2.18. The molecule has 0 aliphatic heterocycles. The molecule has 0 fully saturated rings. The summed E-state index contributed by atoms with van der Waals surface area (Å²) in [6.45, 7) is 5.59. The van der Waals surface area contributed by atoms with Crippen molar-refractivity contribution in [3.8, 4) is 17.2 Å². The van der Waals surface area contributed by atoms with Crippen LogP contribution in [-0.2, 0) is 17.4 Å². The summed E-state index contributed by atoms with van der Waals surface area (Å²) >= 11 is 0. The fourth-order valence-electron chi connectivity index (χ4n) is 3.38. The zero-order valence-electron chi connectivity index (χ0n) is 18.0. The molecular formula is C24H24F3NO4. The second kappa shape index (κ2) is 9.46. The molecular weight excluding hydrogens is 423 g/mol. The maximum absolute atomic E-state index is 12.8. The molecule has 1 unspecified atom stereocenters. The van der Waals surface area contributed by atoms with E-state index in [-0.39, 0.29) is 12.3 Å². The van der Waals surface area contributed by atoms with E-state index in [1.54, 1.807) is 13.0 Å². The van der Waals surface area contributed by atoms with E-state index >= 15 is 0 Å². The van der Waals surface area contributed by atoms with Crippen LogP contribution in [0.5, 0.6) is 5.75 Å². The van der Waals surface area contributed by atoms with Gasteiger partial charge in [-0.3, -0.25) is 4.79 Å². The van der Waals surface area contributed by atoms with Gasteiger partial charge in [0, 0.05) is 12.0 Å². The number of halogens is 3. The first-order chi connectivity index (χ1) is 15.1. The van der Waals surface area contributed by atoms with Crippen LogP contribution in [0.4, 0.5) is 13.2 Å². The summed E-state index contributed by atoms with van der Waals surface area (Å²) < 4.78 is 50.4. The van der Waals surface area contributed by atoms with Crippen LogP contribution in [0.1, 0.15) is 54.0 Å². The van der Waals surface area contributed by atoms with Gasteiger partial charge in [0.15, 0.2) is 11.9 Å². The zero-order valence-corrected chi connectivity index (χ0v) is 18.0. The number of hydrogen-bond donors (Lipinski definition) is 1. The van der Waals surface area contributed by atoms with Gasteiger partial charge in [0.25, 0.3) is 0 Å². The van der Waals surface area contributed by atoms with Crippen LogP contribution in [0.15, 0.2) is 46.9 Å². The maximum Gasteiger partial charge on any atom is 0.416 e. The third kappa shape index (κ3) is 5.49. The second-order valence-corrected chi connectivity index (χ2v) is 7.54. The molecule has 3 aromatic rings. The van der Waals surface area contributed by atoms with Gasteiger partial charge < -0.3 is 14.3 Å². The monoisotopic (exact) mass is 447 g/mol. The summed E-state index contributed by atoms with van der Waals surface area (Å²) in [6.07, 6.45) is -3.75. The summed E-state index contributed by atoms with van der Waals surface area (Å²) in [5.74, 6) is 0.504. The third-order valence-corrected chi connectivity index (χ3v) is 5.16. The van der Waals surface area contributed by atoms with Gasteiger partial charge in [-0.2, -0.15) is 13.2 Å². The van der Waals surface area contributed by atoms with Crippen molar-refractivity contribution < 1.29 is 32.2 Å². The topological polar surface area (TPSA) is 72.6 Å². The van der Waals surface area contributed by atoms with E-state index in [0.717, 1.165) is 23.3 Å². The number of alkyl halides is 3. The normalized spacial score (nSPS) is 12.6. The molecule has 1 N–H and O–H groups in total. The van der Waals surface area contributed by atoms with Gasteiger partial charge in [-0.1, -0.05) is 13.0 Å². The number of rotatable bonds is 8. The second-order valence-electron chi connectivity index (χ2n) is 7.54. The summed E-state index contributed by atoms with van der Waals surface area (Å²) in [6, 6.07) is 10.1. The number of aliphatic carboxylic acids is 1. The van der Waals surface area contributed by atoms with E-state index in [0.29, 0.717) is 35.6 Å². The third-order valence-electron chi connectivity index (χ3n) is 5.16. The van der Waals surface area contributed by atoms with E-state index in [1.807, 2.05) is 26.0 Å². The largest absolute Gasteiger partial charge is 0.482 e. The molecule has 1 aromatic heterocycles. The van der Waals surface area contributed by atoms with Gasteiger partial charge in [-0.05, 0) is 74.2 Å². The molecule has 0 aliphatic carbocycles. The van der Waals surface area contributed by atoms with Crippen LogP contribution >= 0.6 is 0 Å². The van der Waals surface area contributed by atoms with E-state index in [1.165, 1.54) is 12.1 Å². The number of aromatic nitrogens is 1. The molecule has 5 nitrogen and oxygen atoms in total. The van der Waals surface area contributed by atoms with Crippen LogP contribution in [0.3, 0.4) is 0 Å². The minimum absolute atomic E-state index is 0.0581. The Morgan fingerprint density at radius 3 is 2.41 bits per heavy atom. The van der Waals surface area contributed by atoms with E-state index < -0.39 is 23.8 Å². The number of oxazole rings is 1. The highest BCUT2D eigenvalue weighted by Crippen LogP contribution is 2.34. The Bertz CT molecular complexity index is 1090. The van der Waals surface area contributed by atoms with Crippen molar-refractivity contribution in [2.75, 3.05) is 0 Å². The van der Waals surface area contributed by atoms with E-state index in [2.05, 4.69) is 4.98 Å². The first-order valence-electron chi connectivity index (χ1n) is 10.2. The quantitative estimate of drug-likeness (QED) is 0.425. The molecule has 1 atom stereocenters. The van der Waals surface area contributed by atoms with Crippen LogP contribution < -0.4 is 4.74 Å². The SMILES string of the molecule is CCC(Oc1ccc(CCC(=O)O)c(C)c1)c1oc(-c2ccc(C(F)(F)F)cc2)nc1C. The number of carboxylic acid groups (broad SMARTS) is 1. The van der Waals surface area contributed by atoms with Crippen molar-refractivity contribution in [2.24, 2.45) is 0 Å². The number of carboxylic acids is 1. The van der Waals surface area contributed by atoms with Gasteiger partial charge >= 0.3 is 12.1 Å². The molecule has 0 spiro atoms. The first kappa shape index (κ1) is 23.4. The van der Waals surface area contributed by atoms with Crippen molar-refractivity contribution in [3.05, 3.63) is 70.6 Å². The molecule has 8 heteroatoms. The molecule has 170 valence electrons. The molecule has 32 heavy (non-hydrogen) atoms. The lowest BCUT2D eigenvalue weighted by Gasteiger charge is -2.17. The van der Waals surface area contributed by atoms with Gasteiger partial charge in [-0.15, -0.1) is 0 Å². The molecule has 1 heterocycles.